The van der Waals surface area contributed by atoms with E-state index in [0.717, 1.165) is 15.5 Å². The molecule has 0 atom stereocenters. The molecule has 43 heavy (non-hydrogen) atoms. The molecule has 0 bridgehead atoms. The molecule has 6 aromatic rings. The third kappa shape index (κ3) is 4.31. The maximum Gasteiger partial charge on any atom is 0.333 e. The van der Waals surface area contributed by atoms with Crippen LogP contribution in [0, 0.1) is 13.8 Å². The lowest BCUT2D eigenvalue weighted by atomic mass is 9.92. The highest BCUT2D eigenvalue weighted by molar-refractivity contribution is 6.37. The van der Waals surface area contributed by atoms with E-state index in [9.17, 15) is 19.5 Å². The van der Waals surface area contributed by atoms with Crippen molar-refractivity contribution in [2.75, 3.05) is 7.11 Å². The van der Waals surface area contributed by atoms with E-state index in [1.807, 2.05) is 38.1 Å². The van der Waals surface area contributed by atoms with Gasteiger partial charge in [-0.15, -0.1) is 0 Å². The van der Waals surface area contributed by atoms with Crippen LogP contribution in [0.3, 0.4) is 0 Å². The molecule has 0 aliphatic carbocycles. The summed E-state index contributed by atoms with van der Waals surface area (Å²) in [6.45, 7) is 7.02. The normalized spacial score (nSPS) is 12.0. The Kier molecular flexibility index (Phi) is 6.48. The number of aromatic nitrogens is 3. The van der Waals surface area contributed by atoms with Crippen LogP contribution in [0.15, 0.2) is 64.2 Å². The van der Waals surface area contributed by atoms with Crippen LogP contribution in [-0.2, 0) is 5.60 Å². The Morgan fingerprint density at radius 1 is 1.00 bits per heavy atom. The third-order valence-corrected chi connectivity index (χ3v) is 8.34. The van der Waals surface area contributed by atoms with Crippen LogP contribution >= 0.6 is 11.6 Å². The van der Waals surface area contributed by atoms with Crippen molar-refractivity contribution in [1.82, 2.24) is 14.5 Å². The number of ether oxygens (including phenoxy) is 1. The molecule has 2 aromatic heterocycles. The molecule has 2 heterocycles. The number of methoxy groups -OCH3 is 1. The Morgan fingerprint density at radius 2 is 1.72 bits per heavy atom. The van der Waals surface area contributed by atoms with Gasteiger partial charge in [0.1, 0.15) is 5.75 Å². The van der Waals surface area contributed by atoms with Crippen molar-refractivity contribution in [3.8, 4) is 22.6 Å². The van der Waals surface area contributed by atoms with Gasteiger partial charge in [-0.05, 0) is 74.2 Å². The molecule has 0 aliphatic rings. The van der Waals surface area contributed by atoms with E-state index in [2.05, 4.69) is 9.97 Å². The van der Waals surface area contributed by atoms with Gasteiger partial charge in [0.05, 0.1) is 40.4 Å². The number of aromatic amines is 2. The van der Waals surface area contributed by atoms with E-state index in [1.165, 1.54) is 13.2 Å². The maximum atomic E-state index is 13.8. The van der Waals surface area contributed by atoms with E-state index in [-0.39, 0.29) is 10.6 Å². The lowest BCUT2D eigenvalue weighted by molar-refractivity contribution is 0.0787. The number of hydrogen-bond acceptors (Lipinski definition) is 5. The lowest BCUT2D eigenvalue weighted by Crippen LogP contribution is -2.34. The first-order valence-corrected chi connectivity index (χ1v) is 13.9. The highest BCUT2D eigenvalue weighted by Crippen LogP contribution is 2.43. The number of fused-ring (bicyclic) bond motifs is 4. The molecule has 0 radical (unpaired) electrons. The minimum Gasteiger partial charge on any atom is -0.494 e. The molecule has 10 heteroatoms. The average molecular weight is 597 g/mol. The summed E-state index contributed by atoms with van der Waals surface area (Å²) in [4.78, 5) is 45.8. The zero-order chi connectivity index (χ0) is 31.0. The maximum absolute atomic E-state index is 13.8. The number of nitrogens with one attached hydrogen (secondary N) is 2. The average Bonchev–Trinajstić information content (AvgIpc) is 3.32. The van der Waals surface area contributed by atoms with E-state index in [4.69, 9.17) is 22.1 Å². The Morgan fingerprint density at radius 3 is 2.40 bits per heavy atom. The van der Waals surface area contributed by atoms with Gasteiger partial charge in [0.25, 0.3) is 11.5 Å². The number of aliphatic hydroxyl groups is 1. The number of nitrogens with two attached hydrogens (primary N) is 1. The van der Waals surface area contributed by atoms with Crippen molar-refractivity contribution in [3.05, 3.63) is 103 Å². The van der Waals surface area contributed by atoms with Gasteiger partial charge in [-0.1, -0.05) is 41.9 Å². The molecule has 0 aliphatic heterocycles. The van der Waals surface area contributed by atoms with Crippen molar-refractivity contribution in [3.63, 3.8) is 0 Å². The summed E-state index contributed by atoms with van der Waals surface area (Å²) in [7, 11) is 1.49. The lowest BCUT2D eigenvalue weighted by Gasteiger charge is -2.18. The molecular weight excluding hydrogens is 568 g/mol. The summed E-state index contributed by atoms with van der Waals surface area (Å²) >= 11 is 6.90. The zero-order valence-corrected chi connectivity index (χ0v) is 24.9. The molecule has 5 N–H and O–H groups in total. The number of carbonyl (C=O) groups excluding carboxylic acids is 1. The Labute approximate surface area is 250 Å². The second kappa shape index (κ2) is 9.86. The van der Waals surface area contributed by atoms with Crippen molar-refractivity contribution in [2.45, 2.75) is 33.3 Å². The Balaban J connectivity index is 1.68. The standard InChI is InChI=1S/C33H29ClN4O5/c1-15-9-11-20-28(29(15)43-5)37-32(41)38(31(20)40)24-8-6-7-18(16(24)2)25-22(34)14-21(30(35)39)27-26(25)19-12-10-17(33(3,4)42)13-23(19)36-27/h6-14,36,42H,1-5H3,(H2,35,39)(H,37,41). The predicted octanol–water partition coefficient (Wildman–Crippen LogP) is 5.59. The molecule has 4 aromatic carbocycles. The number of primary amides is 1. The van der Waals surface area contributed by atoms with Crippen LogP contribution in [0.1, 0.15) is 40.9 Å². The van der Waals surface area contributed by atoms with E-state index >= 15 is 0 Å². The molecule has 0 unspecified atom stereocenters. The predicted molar refractivity (Wildman–Crippen MR) is 170 cm³/mol. The van der Waals surface area contributed by atoms with Gasteiger partial charge in [0.2, 0.25) is 0 Å². The first kappa shape index (κ1) is 28.3. The first-order valence-electron chi connectivity index (χ1n) is 13.6. The van der Waals surface area contributed by atoms with E-state index < -0.39 is 22.8 Å². The van der Waals surface area contributed by atoms with Gasteiger partial charge < -0.3 is 25.5 Å². The van der Waals surface area contributed by atoms with Gasteiger partial charge in [-0.3, -0.25) is 9.59 Å². The molecule has 1 amide bonds. The second-order valence-corrected chi connectivity index (χ2v) is 11.6. The number of hydrogen-bond donors (Lipinski definition) is 4. The highest BCUT2D eigenvalue weighted by atomic mass is 35.5. The summed E-state index contributed by atoms with van der Waals surface area (Å²) in [6.07, 6.45) is 0. The van der Waals surface area contributed by atoms with Crippen LogP contribution in [0.25, 0.3) is 49.5 Å². The second-order valence-electron chi connectivity index (χ2n) is 11.2. The monoisotopic (exact) mass is 596 g/mol. The van der Waals surface area contributed by atoms with Gasteiger partial charge in [0, 0.05) is 26.9 Å². The number of H-pyrrole nitrogens is 2. The number of rotatable bonds is 5. The first-order chi connectivity index (χ1) is 20.3. The van der Waals surface area contributed by atoms with Crippen LogP contribution in [0.5, 0.6) is 5.75 Å². The topological polar surface area (TPSA) is 143 Å². The smallest absolute Gasteiger partial charge is 0.333 e. The fourth-order valence-electron chi connectivity index (χ4n) is 5.87. The number of halogens is 1. The molecular formula is C33H29ClN4O5. The molecule has 218 valence electrons. The van der Waals surface area contributed by atoms with Gasteiger partial charge in [-0.25, -0.2) is 9.36 Å². The van der Waals surface area contributed by atoms with Crippen LogP contribution in [-0.4, -0.2) is 32.7 Å². The summed E-state index contributed by atoms with van der Waals surface area (Å²) < 4.78 is 6.57. The quantitative estimate of drug-likeness (QED) is 0.205. The SMILES string of the molecule is COc1c(C)ccc2c(=O)n(-c3cccc(-c4c(Cl)cc(C(N)=O)c5[nH]c6cc(C(C)(C)O)ccc6c45)c3C)c(=O)[nH]c12. The molecule has 0 saturated heterocycles. The highest BCUT2D eigenvalue weighted by Gasteiger charge is 2.24. The molecule has 0 saturated carbocycles. The summed E-state index contributed by atoms with van der Waals surface area (Å²) in [5, 5.41) is 12.6. The number of benzene rings is 4. The van der Waals surface area contributed by atoms with Crippen molar-refractivity contribution >= 4 is 50.2 Å². The number of amides is 1. The Hall–Kier alpha value is -4.86. The van der Waals surface area contributed by atoms with Crippen molar-refractivity contribution in [1.29, 1.82) is 0 Å². The third-order valence-electron chi connectivity index (χ3n) is 8.04. The molecule has 6 rings (SSSR count). The van der Waals surface area contributed by atoms with Gasteiger partial charge in [0.15, 0.2) is 0 Å². The fourth-order valence-corrected chi connectivity index (χ4v) is 6.18. The molecule has 0 spiro atoms. The van der Waals surface area contributed by atoms with Gasteiger partial charge in [-0.2, -0.15) is 0 Å². The van der Waals surface area contributed by atoms with E-state index in [1.54, 1.807) is 38.1 Å². The molecule has 0 fully saturated rings. The van der Waals surface area contributed by atoms with Crippen molar-refractivity contribution < 1.29 is 14.6 Å². The minimum atomic E-state index is -1.09. The summed E-state index contributed by atoms with van der Waals surface area (Å²) in [5.41, 5.74) is 8.98. The number of nitrogens with zero attached hydrogens (tertiary/aromatic N) is 1. The van der Waals surface area contributed by atoms with Gasteiger partial charge >= 0.3 is 5.69 Å². The van der Waals surface area contributed by atoms with E-state index in [0.29, 0.717) is 61.0 Å². The van der Waals surface area contributed by atoms with Crippen LogP contribution in [0.4, 0.5) is 0 Å². The zero-order valence-electron chi connectivity index (χ0n) is 24.2. The summed E-state index contributed by atoms with van der Waals surface area (Å²) in [6, 6.07) is 15.7. The summed E-state index contributed by atoms with van der Waals surface area (Å²) in [5.74, 6) is -0.224. The van der Waals surface area contributed by atoms with Crippen LogP contribution < -0.4 is 21.7 Å². The minimum absolute atomic E-state index is 0.213. The number of aryl methyl sites for hydroxylation is 1. The largest absolute Gasteiger partial charge is 0.494 e. The van der Waals surface area contributed by atoms with Crippen molar-refractivity contribution in [2.24, 2.45) is 5.73 Å². The molecule has 9 nitrogen and oxygen atoms in total. The van der Waals surface area contributed by atoms with Crippen LogP contribution in [0.2, 0.25) is 5.02 Å². The number of carbonyl (C=O) groups is 1. The Bertz CT molecular complexity index is 2270. The fraction of sp³-hybridized carbons (Fsp3) is 0.182.